The van der Waals surface area contributed by atoms with E-state index in [2.05, 4.69) is 15.5 Å². The van der Waals surface area contributed by atoms with Crippen LogP contribution in [0.4, 0.5) is 5.82 Å². The maximum atomic E-state index is 11.8. The summed E-state index contributed by atoms with van der Waals surface area (Å²) < 4.78 is 23.2. The molecule has 1 saturated heterocycles. The molecule has 1 aromatic rings. The van der Waals surface area contributed by atoms with Crippen LogP contribution in [0.25, 0.3) is 0 Å². The lowest BCUT2D eigenvalue weighted by Crippen LogP contribution is -2.37. The molecule has 0 radical (unpaired) electrons. The van der Waals surface area contributed by atoms with Crippen molar-refractivity contribution in [1.82, 2.24) is 15.5 Å². The van der Waals surface area contributed by atoms with E-state index >= 15 is 0 Å². The minimum absolute atomic E-state index is 0.0322. The van der Waals surface area contributed by atoms with Crippen LogP contribution in [0.1, 0.15) is 37.7 Å². The highest BCUT2D eigenvalue weighted by atomic mass is 32.2. The van der Waals surface area contributed by atoms with Gasteiger partial charge in [-0.25, -0.2) is 8.42 Å². The average Bonchev–Trinajstić information content (AvgIpc) is 2.80. The highest BCUT2D eigenvalue weighted by Gasteiger charge is 2.32. The quantitative estimate of drug-likeness (QED) is 0.853. The number of sulfone groups is 1. The first-order chi connectivity index (χ1) is 10.3. The minimum atomic E-state index is -2.95. The lowest BCUT2D eigenvalue weighted by molar-refractivity contribution is 0.0937. The number of nitrogens with zero attached hydrogens (tertiary/aromatic N) is 3. The normalized spacial score (nSPS) is 20.1. The molecule has 1 unspecified atom stereocenters. The molecule has 0 spiro atoms. The molecule has 1 amide bonds. The van der Waals surface area contributed by atoms with Gasteiger partial charge in [0.1, 0.15) is 0 Å². The zero-order valence-electron chi connectivity index (χ0n) is 13.1. The Morgan fingerprint density at radius 3 is 2.59 bits per heavy atom. The third kappa shape index (κ3) is 3.94. The SMILES string of the molecule is CCN(c1ccc(C(=O)NC(C)C)nn1)C1CCS(=O)(=O)C1. The fourth-order valence-corrected chi connectivity index (χ4v) is 4.29. The van der Waals surface area contributed by atoms with Crippen LogP contribution < -0.4 is 10.2 Å². The van der Waals surface area contributed by atoms with Crippen molar-refractivity contribution in [3.05, 3.63) is 17.8 Å². The summed E-state index contributed by atoms with van der Waals surface area (Å²) in [4.78, 5) is 13.8. The number of nitrogens with one attached hydrogen (secondary N) is 1. The fraction of sp³-hybridized carbons (Fsp3) is 0.643. The molecule has 1 fully saturated rings. The van der Waals surface area contributed by atoms with Gasteiger partial charge in [-0.15, -0.1) is 10.2 Å². The molecule has 0 aliphatic carbocycles. The van der Waals surface area contributed by atoms with Crippen molar-refractivity contribution in [2.45, 2.75) is 39.3 Å². The van der Waals surface area contributed by atoms with Crippen molar-refractivity contribution < 1.29 is 13.2 Å². The van der Waals surface area contributed by atoms with Crippen LogP contribution >= 0.6 is 0 Å². The van der Waals surface area contributed by atoms with Crippen molar-refractivity contribution in [1.29, 1.82) is 0 Å². The van der Waals surface area contributed by atoms with E-state index in [-0.39, 0.29) is 35.2 Å². The van der Waals surface area contributed by atoms with Crippen LogP contribution in [0, 0.1) is 0 Å². The molecular weight excluding hydrogens is 304 g/mol. The summed E-state index contributed by atoms with van der Waals surface area (Å²) in [7, 11) is -2.95. The predicted octanol–water partition coefficient (Wildman–Crippen LogP) is 0.628. The lowest BCUT2D eigenvalue weighted by Gasteiger charge is -2.27. The van der Waals surface area contributed by atoms with E-state index in [1.165, 1.54) is 0 Å². The van der Waals surface area contributed by atoms with Crippen LogP contribution in [0.2, 0.25) is 0 Å². The Morgan fingerprint density at radius 1 is 1.41 bits per heavy atom. The molecule has 1 N–H and O–H groups in total. The van der Waals surface area contributed by atoms with Crippen LogP contribution in [0.5, 0.6) is 0 Å². The highest BCUT2D eigenvalue weighted by molar-refractivity contribution is 7.91. The van der Waals surface area contributed by atoms with Crippen molar-refractivity contribution in [3.63, 3.8) is 0 Å². The van der Waals surface area contributed by atoms with Crippen LogP contribution in [0.3, 0.4) is 0 Å². The molecule has 2 heterocycles. The molecule has 1 aromatic heterocycles. The third-order valence-electron chi connectivity index (χ3n) is 3.59. The molecule has 1 aliphatic rings. The van der Waals surface area contributed by atoms with Gasteiger partial charge in [0.05, 0.1) is 11.5 Å². The number of carbonyl (C=O) groups is 1. The van der Waals surface area contributed by atoms with Gasteiger partial charge in [-0.05, 0) is 39.3 Å². The Kier molecular flexibility index (Phi) is 5.00. The zero-order chi connectivity index (χ0) is 16.3. The smallest absolute Gasteiger partial charge is 0.271 e. The van der Waals surface area contributed by atoms with E-state index in [4.69, 9.17) is 0 Å². The van der Waals surface area contributed by atoms with Gasteiger partial charge in [0.2, 0.25) is 0 Å². The van der Waals surface area contributed by atoms with Crippen LogP contribution in [0.15, 0.2) is 12.1 Å². The third-order valence-corrected chi connectivity index (χ3v) is 5.34. The molecule has 7 nitrogen and oxygen atoms in total. The first-order valence-corrected chi connectivity index (χ1v) is 9.26. The number of hydrogen-bond donors (Lipinski definition) is 1. The van der Waals surface area contributed by atoms with E-state index in [0.29, 0.717) is 18.8 Å². The van der Waals surface area contributed by atoms with Crippen molar-refractivity contribution in [3.8, 4) is 0 Å². The molecule has 22 heavy (non-hydrogen) atoms. The van der Waals surface area contributed by atoms with Crippen molar-refractivity contribution in [2.24, 2.45) is 0 Å². The Bertz CT molecular complexity index is 628. The van der Waals surface area contributed by atoms with Gasteiger partial charge in [0.25, 0.3) is 5.91 Å². The molecule has 122 valence electrons. The Balaban J connectivity index is 2.13. The Labute approximate surface area is 131 Å². The van der Waals surface area contributed by atoms with Gasteiger partial charge in [-0.2, -0.15) is 0 Å². The summed E-state index contributed by atoms with van der Waals surface area (Å²) in [5.41, 5.74) is 0.257. The summed E-state index contributed by atoms with van der Waals surface area (Å²) in [6.07, 6.45) is 0.605. The second-order valence-electron chi connectivity index (χ2n) is 5.75. The number of hydrogen-bond acceptors (Lipinski definition) is 6. The standard InChI is InChI=1S/C14H22N4O3S/c1-4-18(11-7-8-22(20,21)9-11)13-6-5-12(16-17-13)14(19)15-10(2)3/h5-6,10-11H,4,7-9H2,1-3H3,(H,15,19). The molecule has 0 bridgehead atoms. The first-order valence-electron chi connectivity index (χ1n) is 7.44. The largest absolute Gasteiger partial charge is 0.351 e. The van der Waals surface area contributed by atoms with Gasteiger partial charge >= 0.3 is 0 Å². The van der Waals surface area contributed by atoms with Crippen molar-refractivity contribution >= 4 is 21.6 Å². The summed E-state index contributed by atoms with van der Waals surface area (Å²) in [6.45, 7) is 6.34. The topological polar surface area (TPSA) is 92.3 Å². The minimum Gasteiger partial charge on any atom is -0.351 e. The number of aromatic nitrogens is 2. The lowest BCUT2D eigenvalue weighted by atomic mass is 10.2. The van der Waals surface area contributed by atoms with Gasteiger partial charge in [-0.3, -0.25) is 4.79 Å². The van der Waals surface area contributed by atoms with E-state index in [1.54, 1.807) is 12.1 Å². The first kappa shape index (κ1) is 16.7. The summed E-state index contributed by atoms with van der Waals surface area (Å²) in [5.74, 6) is 0.709. The highest BCUT2D eigenvalue weighted by Crippen LogP contribution is 2.22. The Morgan fingerprint density at radius 2 is 2.14 bits per heavy atom. The van der Waals surface area contributed by atoms with Gasteiger partial charge in [0, 0.05) is 18.6 Å². The van der Waals surface area contributed by atoms with Crippen LogP contribution in [-0.4, -0.2) is 54.7 Å². The summed E-state index contributed by atoms with van der Waals surface area (Å²) in [6, 6.07) is 3.30. The number of carbonyl (C=O) groups excluding carboxylic acids is 1. The Hall–Kier alpha value is -1.70. The predicted molar refractivity (Wildman–Crippen MR) is 84.7 cm³/mol. The maximum absolute atomic E-state index is 11.8. The molecule has 2 rings (SSSR count). The average molecular weight is 326 g/mol. The van der Waals surface area contributed by atoms with Gasteiger partial charge in [-0.1, -0.05) is 0 Å². The number of anilines is 1. The summed E-state index contributed by atoms with van der Waals surface area (Å²) >= 11 is 0. The summed E-state index contributed by atoms with van der Waals surface area (Å²) in [5, 5.41) is 10.8. The zero-order valence-corrected chi connectivity index (χ0v) is 13.9. The molecule has 1 aliphatic heterocycles. The molecule has 0 saturated carbocycles. The van der Waals surface area contributed by atoms with E-state index in [1.807, 2.05) is 25.7 Å². The van der Waals surface area contributed by atoms with E-state index < -0.39 is 9.84 Å². The van der Waals surface area contributed by atoms with Crippen LogP contribution in [-0.2, 0) is 9.84 Å². The number of rotatable bonds is 5. The van der Waals surface area contributed by atoms with E-state index in [0.717, 1.165) is 0 Å². The maximum Gasteiger partial charge on any atom is 0.271 e. The number of amides is 1. The second kappa shape index (κ2) is 6.60. The fourth-order valence-electron chi connectivity index (χ4n) is 2.56. The molecule has 0 aromatic carbocycles. The molecule has 1 atom stereocenters. The molecular formula is C14H22N4O3S. The van der Waals surface area contributed by atoms with Gasteiger partial charge < -0.3 is 10.2 Å². The van der Waals surface area contributed by atoms with Crippen molar-refractivity contribution in [2.75, 3.05) is 23.0 Å². The van der Waals surface area contributed by atoms with Gasteiger partial charge in [0.15, 0.2) is 21.3 Å². The monoisotopic (exact) mass is 326 g/mol. The second-order valence-corrected chi connectivity index (χ2v) is 7.98. The van der Waals surface area contributed by atoms with E-state index in [9.17, 15) is 13.2 Å². The molecule has 8 heteroatoms.